The maximum atomic E-state index is 9.86. The second kappa shape index (κ2) is 9.72. The summed E-state index contributed by atoms with van der Waals surface area (Å²) in [6.07, 6.45) is 6.25. The minimum atomic E-state index is -0.427. The number of hydrogen-bond donors (Lipinski definition) is 2. The van der Waals surface area contributed by atoms with Crippen LogP contribution in [-0.2, 0) is 9.47 Å². The maximum absolute atomic E-state index is 9.86. The molecule has 0 heterocycles. The number of ether oxygens (including phenoxy) is 2. The molecule has 0 aliphatic heterocycles. The number of methoxy groups -OCH3 is 1. The van der Waals surface area contributed by atoms with Crippen molar-refractivity contribution in [1.29, 1.82) is 0 Å². The molecule has 0 aromatic heterocycles. The van der Waals surface area contributed by atoms with Crippen LogP contribution in [0.25, 0.3) is 0 Å². The van der Waals surface area contributed by atoms with Gasteiger partial charge in [0.25, 0.3) is 0 Å². The number of aliphatic hydroxyl groups excluding tert-OH is 1. The summed E-state index contributed by atoms with van der Waals surface area (Å²) in [5.41, 5.74) is 0.463. The highest BCUT2D eigenvalue weighted by atomic mass is 16.5. The van der Waals surface area contributed by atoms with Gasteiger partial charge in [0, 0.05) is 20.2 Å². The summed E-state index contributed by atoms with van der Waals surface area (Å²) in [4.78, 5) is 0. The quantitative estimate of drug-likeness (QED) is 0.572. The predicted molar refractivity (Wildman–Crippen MR) is 81.9 cm³/mol. The fourth-order valence-corrected chi connectivity index (χ4v) is 3.37. The summed E-state index contributed by atoms with van der Waals surface area (Å²) in [7, 11) is 1.65. The second-order valence-electron chi connectivity index (χ2n) is 6.66. The van der Waals surface area contributed by atoms with E-state index < -0.39 is 6.10 Å². The second-order valence-corrected chi connectivity index (χ2v) is 6.66. The van der Waals surface area contributed by atoms with Crippen molar-refractivity contribution in [3.63, 3.8) is 0 Å². The minimum absolute atomic E-state index is 0.382. The molecule has 0 amide bonds. The lowest BCUT2D eigenvalue weighted by molar-refractivity contribution is 0.0127. The Morgan fingerprint density at radius 3 is 2.50 bits per heavy atom. The first-order valence-corrected chi connectivity index (χ1v) is 8.03. The van der Waals surface area contributed by atoms with Crippen molar-refractivity contribution in [2.45, 2.75) is 52.1 Å². The number of hydrogen-bond acceptors (Lipinski definition) is 4. The molecule has 4 nitrogen and oxygen atoms in total. The van der Waals surface area contributed by atoms with E-state index in [-0.39, 0.29) is 0 Å². The van der Waals surface area contributed by atoms with E-state index >= 15 is 0 Å². The Balaban J connectivity index is 2.17. The van der Waals surface area contributed by atoms with Crippen molar-refractivity contribution >= 4 is 0 Å². The first kappa shape index (κ1) is 17.9. The van der Waals surface area contributed by atoms with Crippen LogP contribution in [0.4, 0.5) is 0 Å². The van der Waals surface area contributed by atoms with Crippen LogP contribution in [0.2, 0.25) is 0 Å². The zero-order valence-corrected chi connectivity index (χ0v) is 13.5. The Hall–Kier alpha value is -0.160. The highest BCUT2D eigenvalue weighted by Crippen LogP contribution is 2.42. The molecule has 0 saturated heterocycles. The fourth-order valence-electron chi connectivity index (χ4n) is 3.37. The van der Waals surface area contributed by atoms with Crippen molar-refractivity contribution in [3.05, 3.63) is 0 Å². The summed E-state index contributed by atoms with van der Waals surface area (Å²) in [5.74, 6) is 0.747. The summed E-state index contributed by atoms with van der Waals surface area (Å²) in [5, 5.41) is 13.3. The van der Waals surface area contributed by atoms with E-state index in [1.165, 1.54) is 32.1 Å². The Labute approximate surface area is 124 Å². The van der Waals surface area contributed by atoms with Crippen molar-refractivity contribution in [3.8, 4) is 0 Å². The van der Waals surface area contributed by atoms with Crippen molar-refractivity contribution in [1.82, 2.24) is 5.32 Å². The average Bonchev–Trinajstić information content (AvgIpc) is 2.82. The third-order valence-electron chi connectivity index (χ3n) is 4.13. The summed E-state index contributed by atoms with van der Waals surface area (Å²) < 4.78 is 10.2. The first-order valence-electron chi connectivity index (χ1n) is 8.03. The largest absolute Gasteiger partial charge is 0.389 e. The summed E-state index contributed by atoms with van der Waals surface area (Å²) in [6, 6.07) is 0. The zero-order valence-electron chi connectivity index (χ0n) is 13.5. The number of rotatable bonds is 11. The Bertz CT molecular complexity index is 240. The van der Waals surface area contributed by atoms with E-state index in [0.29, 0.717) is 31.8 Å². The molecule has 1 fully saturated rings. The molecule has 120 valence electrons. The van der Waals surface area contributed by atoms with E-state index in [0.717, 1.165) is 12.5 Å². The molecule has 1 saturated carbocycles. The van der Waals surface area contributed by atoms with Crippen LogP contribution in [-0.4, -0.2) is 51.2 Å². The molecule has 1 unspecified atom stereocenters. The van der Waals surface area contributed by atoms with Gasteiger partial charge in [0.1, 0.15) is 0 Å². The van der Waals surface area contributed by atoms with Crippen LogP contribution in [0.1, 0.15) is 46.0 Å². The van der Waals surface area contributed by atoms with Gasteiger partial charge in [0.15, 0.2) is 0 Å². The molecular weight excluding hydrogens is 254 g/mol. The molecule has 1 rings (SSSR count). The smallest absolute Gasteiger partial charge is 0.0897 e. The van der Waals surface area contributed by atoms with Crippen LogP contribution in [0.5, 0.6) is 0 Å². The first-order chi connectivity index (χ1) is 9.58. The normalized spacial score (nSPS) is 19.6. The molecule has 0 bridgehead atoms. The van der Waals surface area contributed by atoms with Crippen molar-refractivity contribution in [2.75, 3.05) is 40.0 Å². The van der Waals surface area contributed by atoms with Crippen LogP contribution in [0, 0.1) is 11.3 Å². The summed E-state index contributed by atoms with van der Waals surface area (Å²) in [6.45, 7) is 7.76. The molecule has 1 atom stereocenters. The van der Waals surface area contributed by atoms with Crippen molar-refractivity contribution < 1.29 is 14.6 Å². The molecule has 0 spiro atoms. The molecule has 1 aliphatic rings. The third-order valence-corrected chi connectivity index (χ3v) is 4.13. The third kappa shape index (κ3) is 7.02. The van der Waals surface area contributed by atoms with Gasteiger partial charge in [-0.05, 0) is 30.6 Å². The zero-order chi connectivity index (χ0) is 14.8. The van der Waals surface area contributed by atoms with E-state index in [4.69, 9.17) is 9.47 Å². The molecule has 4 heteroatoms. The van der Waals surface area contributed by atoms with E-state index in [9.17, 15) is 5.11 Å². The van der Waals surface area contributed by atoms with E-state index in [1.807, 2.05) is 0 Å². The van der Waals surface area contributed by atoms with Crippen LogP contribution >= 0.6 is 0 Å². The van der Waals surface area contributed by atoms with Gasteiger partial charge in [0.05, 0.1) is 25.9 Å². The van der Waals surface area contributed by atoms with Gasteiger partial charge in [-0.1, -0.05) is 26.7 Å². The molecule has 2 N–H and O–H groups in total. The lowest BCUT2D eigenvalue weighted by Crippen LogP contribution is -2.38. The molecule has 20 heavy (non-hydrogen) atoms. The van der Waals surface area contributed by atoms with Gasteiger partial charge in [-0.25, -0.2) is 0 Å². The van der Waals surface area contributed by atoms with Crippen LogP contribution in [0.3, 0.4) is 0 Å². The number of aliphatic hydroxyl groups is 1. The van der Waals surface area contributed by atoms with Gasteiger partial charge >= 0.3 is 0 Å². The highest BCUT2D eigenvalue weighted by Gasteiger charge is 2.33. The Morgan fingerprint density at radius 2 is 1.90 bits per heavy atom. The van der Waals surface area contributed by atoms with Gasteiger partial charge in [-0.3, -0.25) is 0 Å². The number of nitrogens with one attached hydrogen (secondary N) is 1. The van der Waals surface area contributed by atoms with E-state index in [2.05, 4.69) is 19.2 Å². The molecular formula is C16H33NO3. The molecule has 0 aromatic rings. The Kier molecular flexibility index (Phi) is 8.69. The molecule has 0 aromatic carbocycles. The van der Waals surface area contributed by atoms with Gasteiger partial charge in [0.2, 0.25) is 0 Å². The monoisotopic (exact) mass is 287 g/mol. The maximum Gasteiger partial charge on any atom is 0.0897 e. The van der Waals surface area contributed by atoms with Crippen molar-refractivity contribution in [2.24, 2.45) is 11.3 Å². The Morgan fingerprint density at radius 1 is 1.20 bits per heavy atom. The van der Waals surface area contributed by atoms with Crippen LogP contribution in [0.15, 0.2) is 0 Å². The average molecular weight is 287 g/mol. The van der Waals surface area contributed by atoms with Gasteiger partial charge < -0.3 is 19.9 Å². The SMILES string of the molecule is COCCOCC(O)CNCC1(CC(C)C)CCCC1. The lowest BCUT2D eigenvalue weighted by Gasteiger charge is -2.31. The lowest BCUT2D eigenvalue weighted by atomic mass is 9.78. The van der Waals surface area contributed by atoms with E-state index in [1.54, 1.807) is 7.11 Å². The standard InChI is InChI=1S/C16H33NO3/c1-14(2)10-16(6-4-5-7-16)13-17-11-15(18)12-20-9-8-19-3/h14-15,17-18H,4-13H2,1-3H3. The summed E-state index contributed by atoms with van der Waals surface area (Å²) >= 11 is 0. The molecule has 1 aliphatic carbocycles. The predicted octanol–water partition coefficient (Wildman–Crippen LogP) is 2.21. The van der Waals surface area contributed by atoms with Gasteiger partial charge in [-0.2, -0.15) is 0 Å². The minimum Gasteiger partial charge on any atom is -0.389 e. The topological polar surface area (TPSA) is 50.7 Å². The molecule has 0 radical (unpaired) electrons. The van der Waals surface area contributed by atoms with Gasteiger partial charge in [-0.15, -0.1) is 0 Å². The highest BCUT2D eigenvalue weighted by molar-refractivity contribution is 4.87. The fraction of sp³-hybridized carbons (Fsp3) is 1.00. The van der Waals surface area contributed by atoms with Crippen LogP contribution < -0.4 is 5.32 Å².